The molecule has 0 radical (unpaired) electrons. The van der Waals surface area contributed by atoms with Gasteiger partial charge in [-0.2, -0.15) is 0 Å². The smallest absolute Gasteiger partial charge is 0.253 e. The number of pyridine rings is 1. The van der Waals surface area contributed by atoms with Gasteiger partial charge in [0.05, 0.1) is 18.7 Å². The van der Waals surface area contributed by atoms with Crippen LogP contribution in [0.15, 0.2) is 83.7 Å². The fraction of sp³-hybridized carbons (Fsp3) is 0.241. The maximum atomic E-state index is 13.7. The normalized spacial score (nSPS) is 12.3. The number of halogens is 1. The Morgan fingerprint density at radius 3 is 2.47 bits per heavy atom. The molecule has 8 nitrogen and oxygen atoms in total. The van der Waals surface area contributed by atoms with Gasteiger partial charge in [-0.15, -0.1) is 5.10 Å². The van der Waals surface area contributed by atoms with E-state index in [1.807, 2.05) is 61.5 Å². The third-order valence-corrected chi connectivity index (χ3v) is 6.62. The zero-order chi connectivity index (χ0) is 26.5. The molecule has 3 aromatic carbocycles. The van der Waals surface area contributed by atoms with E-state index in [1.54, 1.807) is 23.9 Å². The molecule has 5 rings (SSSR count). The van der Waals surface area contributed by atoms with E-state index in [-0.39, 0.29) is 11.4 Å². The van der Waals surface area contributed by atoms with Gasteiger partial charge in [-0.05, 0) is 57.6 Å². The molecule has 5 aromatic rings. The number of aryl methyl sites for hydroxylation is 1. The molecule has 0 unspecified atom stereocenters. The van der Waals surface area contributed by atoms with Crippen LogP contribution in [-0.2, 0) is 24.4 Å². The van der Waals surface area contributed by atoms with Crippen LogP contribution in [0.4, 0.5) is 4.39 Å². The fourth-order valence-corrected chi connectivity index (χ4v) is 4.73. The molecule has 0 amide bonds. The van der Waals surface area contributed by atoms with E-state index in [0.29, 0.717) is 37.6 Å². The first-order valence-electron chi connectivity index (χ1n) is 12.4. The van der Waals surface area contributed by atoms with Crippen LogP contribution < -0.4 is 5.56 Å². The van der Waals surface area contributed by atoms with E-state index in [0.717, 1.165) is 27.6 Å². The molecule has 194 valence electrons. The third kappa shape index (κ3) is 5.53. The number of rotatable bonds is 10. The van der Waals surface area contributed by atoms with Gasteiger partial charge in [0, 0.05) is 25.8 Å². The van der Waals surface area contributed by atoms with Crippen molar-refractivity contribution in [3.05, 3.63) is 123 Å². The Kier molecular flexibility index (Phi) is 7.67. The van der Waals surface area contributed by atoms with Crippen LogP contribution in [0.5, 0.6) is 0 Å². The minimum Gasteiger partial charge on any atom is -0.383 e. The maximum absolute atomic E-state index is 13.7. The molecule has 0 aliphatic carbocycles. The second-order valence-electron chi connectivity index (χ2n) is 9.27. The Morgan fingerprint density at radius 1 is 1.00 bits per heavy atom. The van der Waals surface area contributed by atoms with Gasteiger partial charge in [-0.1, -0.05) is 60.7 Å². The number of hydrogen-bond donors (Lipinski definition) is 1. The SMILES string of the molecule is COCCn1nnnc1[C@H](c1cc2cccc(C)c2[nH]c1=O)N(Cc1ccccc1)Cc1ccc(F)cc1. The number of para-hydroxylation sites is 1. The molecule has 0 saturated heterocycles. The van der Waals surface area contributed by atoms with Gasteiger partial charge in [0.2, 0.25) is 0 Å². The predicted octanol–water partition coefficient (Wildman–Crippen LogP) is 4.40. The minimum atomic E-state index is -0.597. The monoisotopic (exact) mass is 512 g/mol. The van der Waals surface area contributed by atoms with Crippen molar-refractivity contribution < 1.29 is 9.13 Å². The summed E-state index contributed by atoms with van der Waals surface area (Å²) in [6.07, 6.45) is 0. The van der Waals surface area contributed by atoms with E-state index >= 15 is 0 Å². The van der Waals surface area contributed by atoms with Crippen molar-refractivity contribution >= 4 is 10.9 Å². The molecule has 0 spiro atoms. The standard InChI is InChI=1S/C29H29FN6O2/c1-20-7-6-10-23-17-25(29(37)31-26(20)23)27(28-32-33-34-36(28)15-16-38-2)35(18-21-8-4-3-5-9-21)19-22-11-13-24(30)14-12-22/h3-14,17,27H,15-16,18-19H2,1-2H3,(H,31,37)/t27-/m0/s1. The van der Waals surface area contributed by atoms with Crippen LogP contribution in [0, 0.1) is 12.7 Å². The molecule has 2 heterocycles. The van der Waals surface area contributed by atoms with Crippen LogP contribution in [0.25, 0.3) is 10.9 Å². The van der Waals surface area contributed by atoms with Gasteiger partial charge in [-0.3, -0.25) is 9.69 Å². The number of nitrogens with zero attached hydrogens (tertiary/aromatic N) is 5. The number of methoxy groups -OCH3 is 1. The van der Waals surface area contributed by atoms with Crippen molar-refractivity contribution in [2.45, 2.75) is 32.6 Å². The molecule has 0 aliphatic rings. The highest BCUT2D eigenvalue weighted by atomic mass is 19.1. The van der Waals surface area contributed by atoms with Crippen molar-refractivity contribution in [2.24, 2.45) is 0 Å². The molecule has 0 saturated carbocycles. The molecule has 2 aromatic heterocycles. The summed E-state index contributed by atoms with van der Waals surface area (Å²) in [5.41, 5.74) is 4.05. The zero-order valence-electron chi connectivity index (χ0n) is 21.3. The first kappa shape index (κ1) is 25.4. The number of ether oxygens (including phenoxy) is 1. The number of fused-ring (bicyclic) bond motifs is 1. The molecule has 38 heavy (non-hydrogen) atoms. The number of hydrogen-bond acceptors (Lipinski definition) is 6. The lowest BCUT2D eigenvalue weighted by atomic mass is 10.0. The van der Waals surface area contributed by atoms with Crippen molar-refractivity contribution in [1.29, 1.82) is 0 Å². The second-order valence-corrected chi connectivity index (χ2v) is 9.27. The van der Waals surface area contributed by atoms with Gasteiger partial charge < -0.3 is 9.72 Å². The van der Waals surface area contributed by atoms with Crippen molar-refractivity contribution in [3.63, 3.8) is 0 Å². The Balaban J connectivity index is 1.69. The van der Waals surface area contributed by atoms with Gasteiger partial charge in [0.15, 0.2) is 5.82 Å². The molecule has 0 bridgehead atoms. The van der Waals surface area contributed by atoms with Crippen LogP contribution in [0.3, 0.4) is 0 Å². The Labute approximate surface area is 219 Å². The van der Waals surface area contributed by atoms with Crippen LogP contribution in [0.1, 0.15) is 34.1 Å². The summed E-state index contributed by atoms with van der Waals surface area (Å²) in [4.78, 5) is 18.9. The summed E-state index contributed by atoms with van der Waals surface area (Å²) in [6.45, 7) is 3.74. The highest BCUT2D eigenvalue weighted by Gasteiger charge is 2.31. The Bertz CT molecular complexity index is 1570. The summed E-state index contributed by atoms with van der Waals surface area (Å²) in [5, 5.41) is 13.5. The quantitative estimate of drug-likeness (QED) is 0.298. The average Bonchev–Trinajstić information content (AvgIpc) is 3.38. The maximum Gasteiger partial charge on any atom is 0.253 e. The minimum absolute atomic E-state index is 0.213. The van der Waals surface area contributed by atoms with E-state index in [2.05, 4.69) is 25.4 Å². The summed E-state index contributed by atoms with van der Waals surface area (Å²) >= 11 is 0. The van der Waals surface area contributed by atoms with E-state index in [1.165, 1.54) is 12.1 Å². The van der Waals surface area contributed by atoms with Crippen molar-refractivity contribution in [1.82, 2.24) is 30.1 Å². The lowest BCUT2D eigenvalue weighted by Gasteiger charge is -2.31. The highest BCUT2D eigenvalue weighted by molar-refractivity contribution is 5.82. The summed E-state index contributed by atoms with van der Waals surface area (Å²) in [5.74, 6) is 0.224. The lowest BCUT2D eigenvalue weighted by molar-refractivity contribution is 0.169. The highest BCUT2D eigenvalue weighted by Crippen LogP contribution is 2.30. The first-order valence-corrected chi connectivity index (χ1v) is 12.4. The van der Waals surface area contributed by atoms with Crippen LogP contribution in [0.2, 0.25) is 0 Å². The van der Waals surface area contributed by atoms with Gasteiger partial charge in [0.25, 0.3) is 5.56 Å². The van der Waals surface area contributed by atoms with Gasteiger partial charge in [-0.25, -0.2) is 9.07 Å². The van der Waals surface area contributed by atoms with Gasteiger partial charge >= 0.3 is 0 Å². The number of aromatic amines is 1. The van der Waals surface area contributed by atoms with Crippen LogP contribution in [-0.4, -0.2) is 43.8 Å². The first-order chi connectivity index (χ1) is 18.5. The number of benzene rings is 3. The number of aromatic nitrogens is 5. The lowest BCUT2D eigenvalue weighted by Crippen LogP contribution is -2.35. The molecule has 9 heteroatoms. The molecular weight excluding hydrogens is 483 g/mol. The third-order valence-electron chi connectivity index (χ3n) is 6.62. The summed E-state index contributed by atoms with van der Waals surface area (Å²) < 4.78 is 20.7. The average molecular weight is 513 g/mol. The summed E-state index contributed by atoms with van der Waals surface area (Å²) in [6, 6.07) is 23.6. The van der Waals surface area contributed by atoms with E-state index in [4.69, 9.17) is 4.74 Å². The molecular formula is C29H29FN6O2. The predicted molar refractivity (Wildman–Crippen MR) is 143 cm³/mol. The van der Waals surface area contributed by atoms with Crippen LogP contribution >= 0.6 is 0 Å². The zero-order valence-corrected chi connectivity index (χ0v) is 21.3. The topological polar surface area (TPSA) is 88.9 Å². The fourth-order valence-electron chi connectivity index (χ4n) is 4.73. The number of nitrogens with one attached hydrogen (secondary N) is 1. The largest absolute Gasteiger partial charge is 0.383 e. The van der Waals surface area contributed by atoms with Crippen molar-refractivity contribution in [2.75, 3.05) is 13.7 Å². The Hall–Kier alpha value is -4.21. The second kappa shape index (κ2) is 11.5. The van der Waals surface area contributed by atoms with Gasteiger partial charge in [0.1, 0.15) is 11.9 Å². The molecule has 0 fully saturated rings. The number of H-pyrrole nitrogens is 1. The Morgan fingerprint density at radius 2 is 1.74 bits per heavy atom. The van der Waals surface area contributed by atoms with E-state index < -0.39 is 6.04 Å². The number of tetrazole rings is 1. The molecule has 0 aliphatic heterocycles. The molecule has 1 atom stereocenters. The van der Waals surface area contributed by atoms with E-state index in [9.17, 15) is 9.18 Å². The summed E-state index contributed by atoms with van der Waals surface area (Å²) in [7, 11) is 1.62. The molecule has 1 N–H and O–H groups in total. The van der Waals surface area contributed by atoms with Crippen molar-refractivity contribution in [3.8, 4) is 0 Å².